The van der Waals surface area contributed by atoms with E-state index in [4.69, 9.17) is 9.47 Å². The standard InChI is InChI=1S/C13H17FO3/c1-3-7-12(13(15)16-4-2)17-11-9-6-5-8-10(11)14/h5-6,8-9,12H,3-4,7H2,1-2H3. The molecule has 3 nitrogen and oxygen atoms in total. The van der Waals surface area contributed by atoms with Gasteiger partial charge in [-0.1, -0.05) is 25.5 Å². The van der Waals surface area contributed by atoms with Gasteiger partial charge >= 0.3 is 5.97 Å². The predicted molar refractivity (Wildman–Crippen MR) is 62.4 cm³/mol. The molecule has 0 aliphatic heterocycles. The van der Waals surface area contributed by atoms with Gasteiger partial charge in [0.1, 0.15) is 0 Å². The molecule has 0 heterocycles. The van der Waals surface area contributed by atoms with Crippen LogP contribution in [0.25, 0.3) is 0 Å². The van der Waals surface area contributed by atoms with Gasteiger partial charge in [0.15, 0.2) is 17.7 Å². The maximum absolute atomic E-state index is 13.4. The number of carbonyl (C=O) groups excluding carboxylic acids is 1. The van der Waals surface area contributed by atoms with Gasteiger partial charge in [0, 0.05) is 0 Å². The Balaban J connectivity index is 2.73. The van der Waals surface area contributed by atoms with Crippen LogP contribution < -0.4 is 4.74 Å². The van der Waals surface area contributed by atoms with Crippen LogP contribution in [-0.4, -0.2) is 18.7 Å². The molecule has 0 N–H and O–H groups in total. The van der Waals surface area contributed by atoms with E-state index in [0.717, 1.165) is 6.42 Å². The molecule has 1 rings (SSSR count). The van der Waals surface area contributed by atoms with Gasteiger partial charge in [0.2, 0.25) is 0 Å². The second kappa shape index (κ2) is 6.89. The molecule has 0 spiro atoms. The van der Waals surface area contributed by atoms with Gasteiger partial charge in [-0.2, -0.15) is 0 Å². The van der Waals surface area contributed by atoms with Gasteiger partial charge in [-0.3, -0.25) is 0 Å². The fourth-order valence-corrected chi connectivity index (χ4v) is 1.42. The molecule has 0 radical (unpaired) electrons. The summed E-state index contributed by atoms with van der Waals surface area (Å²) in [7, 11) is 0. The fourth-order valence-electron chi connectivity index (χ4n) is 1.42. The van der Waals surface area contributed by atoms with Crippen molar-refractivity contribution in [1.82, 2.24) is 0 Å². The second-order valence-corrected chi connectivity index (χ2v) is 3.58. The van der Waals surface area contributed by atoms with E-state index in [2.05, 4.69) is 0 Å². The Kier molecular flexibility index (Phi) is 5.46. The van der Waals surface area contributed by atoms with E-state index in [9.17, 15) is 9.18 Å². The maximum Gasteiger partial charge on any atom is 0.347 e. The molecule has 1 unspecified atom stereocenters. The van der Waals surface area contributed by atoms with E-state index in [1.165, 1.54) is 12.1 Å². The highest BCUT2D eigenvalue weighted by atomic mass is 19.1. The summed E-state index contributed by atoms with van der Waals surface area (Å²) in [5.74, 6) is -0.838. The molecule has 4 heteroatoms. The van der Waals surface area contributed by atoms with Gasteiger partial charge in [-0.15, -0.1) is 0 Å². The van der Waals surface area contributed by atoms with Crippen molar-refractivity contribution < 1.29 is 18.7 Å². The molecule has 0 saturated heterocycles. The Morgan fingerprint density at radius 1 is 1.35 bits per heavy atom. The molecule has 0 amide bonds. The van der Waals surface area contributed by atoms with Crippen LogP contribution in [0.1, 0.15) is 26.7 Å². The van der Waals surface area contributed by atoms with Gasteiger partial charge in [-0.25, -0.2) is 9.18 Å². The average Bonchev–Trinajstić information content (AvgIpc) is 2.31. The third kappa shape index (κ3) is 4.06. The second-order valence-electron chi connectivity index (χ2n) is 3.58. The number of esters is 1. The van der Waals surface area contributed by atoms with Crippen molar-refractivity contribution in [3.05, 3.63) is 30.1 Å². The quantitative estimate of drug-likeness (QED) is 0.717. The highest BCUT2D eigenvalue weighted by Crippen LogP contribution is 2.19. The molecule has 0 aromatic heterocycles. The van der Waals surface area contributed by atoms with Gasteiger partial charge < -0.3 is 9.47 Å². The zero-order valence-corrected chi connectivity index (χ0v) is 10.1. The van der Waals surface area contributed by atoms with E-state index in [-0.39, 0.29) is 5.75 Å². The van der Waals surface area contributed by atoms with Crippen LogP contribution in [0.2, 0.25) is 0 Å². The molecule has 0 bridgehead atoms. The van der Waals surface area contributed by atoms with Crippen LogP contribution in [0.4, 0.5) is 4.39 Å². The zero-order chi connectivity index (χ0) is 12.7. The lowest BCUT2D eigenvalue weighted by molar-refractivity contribution is -0.151. The first-order chi connectivity index (χ1) is 8.19. The largest absolute Gasteiger partial charge is 0.476 e. The summed E-state index contributed by atoms with van der Waals surface area (Å²) in [6, 6.07) is 6.02. The molecule has 94 valence electrons. The van der Waals surface area contributed by atoms with Crippen molar-refractivity contribution in [2.75, 3.05) is 6.61 Å². The zero-order valence-electron chi connectivity index (χ0n) is 10.1. The first-order valence-electron chi connectivity index (χ1n) is 5.76. The minimum Gasteiger partial charge on any atom is -0.476 e. The summed E-state index contributed by atoms with van der Waals surface area (Å²) in [5, 5.41) is 0. The lowest BCUT2D eigenvalue weighted by atomic mass is 10.2. The van der Waals surface area contributed by atoms with Crippen LogP contribution in [-0.2, 0) is 9.53 Å². The smallest absolute Gasteiger partial charge is 0.347 e. The summed E-state index contributed by atoms with van der Waals surface area (Å²) in [5.41, 5.74) is 0. The van der Waals surface area contributed by atoms with E-state index in [1.807, 2.05) is 6.92 Å². The summed E-state index contributed by atoms with van der Waals surface area (Å²) in [6.07, 6.45) is 0.530. The fraction of sp³-hybridized carbons (Fsp3) is 0.462. The molecule has 0 aliphatic carbocycles. The Morgan fingerprint density at radius 3 is 2.65 bits per heavy atom. The molecular formula is C13H17FO3. The summed E-state index contributed by atoms with van der Waals surface area (Å²) >= 11 is 0. The van der Waals surface area contributed by atoms with E-state index in [0.29, 0.717) is 13.0 Å². The number of hydrogen-bond acceptors (Lipinski definition) is 3. The number of para-hydroxylation sites is 1. The van der Waals surface area contributed by atoms with Crippen LogP contribution in [0, 0.1) is 5.82 Å². The SMILES string of the molecule is CCCC(Oc1ccccc1F)C(=O)OCC. The van der Waals surface area contributed by atoms with Crippen LogP contribution >= 0.6 is 0 Å². The lowest BCUT2D eigenvalue weighted by Gasteiger charge is -2.17. The molecule has 0 aliphatic rings. The molecule has 17 heavy (non-hydrogen) atoms. The van der Waals surface area contributed by atoms with E-state index < -0.39 is 17.9 Å². The molecule has 1 aromatic rings. The summed E-state index contributed by atoms with van der Waals surface area (Å²) in [4.78, 5) is 11.6. The summed E-state index contributed by atoms with van der Waals surface area (Å²) in [6.45, 7) is 3.95. The third-order valence-electron chi connectivity index (χ3n) is 2.21. The lowest BCUT2D eigenvalue weighted by Crippen LogP contribution is -2.29. The number of carbonyl (C=O) groups is 1. The van der Waals surface area contributed by atoms with E-state index >= 15 is 0 Å². The first-order valence-corrected chi connectivity index (χ1v) is 5.76. The topological polar surface area (TPSA) is 35.5 Å². The molecule has 0 saturated carbocycles. The highest BCUT2D eigenvalue weighted by Gasteiger charge is 2.21. The van der Waals surface area contributed by atoms with Gasteiger partial charge in [0.25, 0.3) is 0 Å². The number of hydrogen-bond donors (Lipinski definition) is 0. The van der Waals surface area contributed by atoms with E-state index in [1.54, 1.807) is 19.1 Å². The van der Waals surface area contributed by atoms with Crippen molar-refractivity contribution >= 4 is 5.97 Å². The van der Waals surface area contributed by atoms with Crippen LogP contribution in [0.15, 0.2) is 24.3 Å². The van der Waals surface area contributed by atoms with Gasteiger partial charge in [-0.05, 0) is 25.5 Å². The number of halogens is 1. The highest BCUT2D eigenvalue weighted by molar-refractivity contribution is 5.75. The normalized spacial score (nSPS) is 11.9. The Morgan fingerprint density at radius 2 is 2.06 bits per heavy atom. The van der Waals surface area contributed by atoms with Crippen molar-refractivity contribution in [2.45, 2.75) is 32.8 Å². The van der Waals surface area contributed by atoms with Gasteiger partial charge in [0.05, 0.1) is 6.61 Å². The van der Waals surface area contributed by atoms with Crippen molar-refractivity contribution in [3.8, 4) is 5.75 Å². The molecule has 1 atom stereocenters. The first kappa shape index (κ1) is 13.5. The maximum atomic E-state index is 13.4. The number of ether oxygens (including phenoxy) is 2. The summed E-state index contributed by atoms with van der Waals surface area (Å²) < 4.78 is 23.6. The van der Waals surface area contributed by atoms with Crippen LogP contribution in [0.5, 0.6) is 5.75 Å². The minimum atomic E-state index is -0.739. The average molecular weight is 240 g/mol. The third-order valence-corrected chi connectivity index (χ3v) is 2.21. The molecule has 0 fully saturated rings. The molecular weight excluding hydrogens is 223 g/mol. The van der Waals surface area contributed by atoms with Crippen molar-refractivity contribution in [3.63, 3.8) is 0 Å². The minimum absolute atomic E-state index is 0.0824. The number of rotatable bonds is 6. The van der Waals surface area contributed by atoms with Crippen molar-refractivity contribution in [1.29, 1.82) is 0 Å². The predicted octanol–water partition coefficient (Wildman–Crippen LogP) is 2.94. The van der Waals surface area contributed by atoms with Crippen molar-refractivity contribution in [2.24, 2.45) is 0 Å². The Bertz CT molecular complexity index is 365. The van der Waals surface area contributed by atoms with Crippen LogP contribution in [0.3, 0.4) is 0 Å². The monoisotopic (exact) mass is 240 g/mol. The molecule has 1 aromatic carbocycles. The Labute approximate surface area is 101 Å². The number of benzene rings is 1. The Hall–Kier alpha value is -1.58.